The van der Waals surface area contributed by atoms with Crippen molar-refractivity contribution in [2.45, 2.75) is 19.6 Å². The Labute approximate surface area is 336 Å². The molecule has 9 rings (SSSR count). The van der Waals surface area contributed by atoms with Crippen LogP contribution in [0.25, 0.3) is 89.7 Å². The second-order valence-electron chi connectivity index (χ2n) is 11.7. The summed E-state index contributed by atoms with van der Waals surface area (Å²) in [6.45, 7) is 0. The van der Waals surface area contributed by atoms with Gasteiger partial charge in [-0.2, -0.15) is 16.8 Å². The molecule has 0 aliphatic carbocycles. The van der Waals surface area contributed by atoms with E-state index in [4.69, 9.17) is 35.4 Å². The van der Waals surface area contributed by atoms with Crippen molar-refractivity contribution in [3.8, 4) is 45.6 Å². The van der Waals surface area contributed by atoms with Crippen molar-refractivity contribution in [2.75, 3.05) is 0 Å². The molecule has 7 aromatic rings. The van der Waals surface area contributed by atoms with Gasteiger partial charge in [-0.3, -0.25) is 9.11 Å². The predicted molar refractivity (Wildman–Crippen MR) is 195 cm³/mol. The molecule has 0 saturated heterocycles. The summed E-state index contributed by atoms with van der Waals surface area (Å²) in [5.41, 5.74) is 1.51. The second kappa shape index (κ2) is 14.8. The van der Waals surface area contributed by atoms with Crippen LogP contribution in [-0.2, 0) is 56.0 Å². The second-order valence-corrected chi connectivity index (χ2v) is 16.1. The fourth-order valence-electron chi connectivity index (χ4n) is 6.11. The first-order valence-corrected chi connectivity index (χ1v) is 19.8. The molecular formula is C32H16FeN8O12S4-2. The molecule has 290 valence electrons. The molecule has 2 aliphatic heterocycles. The fourth-order valence-corrected chi connectivity index (χ4v) is 7.92. The molecule has 5 heterocycles. The molecule has 0 saturated carbocycles. The largest absolute Gasteiger partial charge is 0.357 e. The predicted octanol–water partition coefficient (Wildman–Crippen LogP) is 5.47. The number of nitrogens with zero attached hydrogens (tertiary/aromatic N) is 8. The van der Waals surface area contributed by atoms with E-state index in [-0.39, 0.29) is 79.3 Å². The molecule has 0 unspecified atom stereocenters. The third-order valence-electron chi connectivity index (χ3n) is 8.50. The average Bonchev–Trinajstić information content (AvgIpc) is 3.90. The minimum atomic E-state index is -4.68. The van der Waals surface area contributed by atoms with Crippen LogP contribution in [0.2, 0.25) is 0 Å². The van der Waals surface area contributed by atoms with Crippen LogP contribution < -0.4 is 9.97 Å². The number of benzene rings is 4. The van der Waals surface area contributed by atoms with E-state index in [1.54, 1.807) is 36.4 Å². The van der Waals surface area contributed by atoms with Gasteiger partial charge in [0, 0.05) is 71.7 Å². The van der Waals surface area contributed by atoms with Crippen molar-refractivity contribution >= 4 is 88.5 Å². The Kier molecular flexibility index (Phi) is 10.1. The topological polar surface area (TPSA) is 292 Å². The summed E-state index contributed by atoms with van der Waals surface area (Å²) in [5, 5.41) is 26.4. The Hall–Kier alpha value is -4.96. The van der Waals surface area contributed by atoms with E-state index in [0.29, 0.717) is 61.3 Å². The van der Waals surface area contributed by atoms with E-state index in [1.807, 2.05) is 0 Å². The Morgan fingerprint density at radius 1 is 0.474 bits per heavy atom. The van der Waals surface area contributed by atoms with E-state index < -0.39 is 30.0 Å². The minimum Gasteiger partial charge on any atom is -0.357 e. The Morgan fingerprint density at radius 3 is 1.42 bits per heavy atom. The van der Waals surface area contributed by atoms with Crippen molar-refractivity contribution in [2.24, 2.45) is 0 Å². The normalized spacial score (nSPS) is 12.4. The summed E-state index contributed by atoms with van der Waals surface area (Å²) in [4.78, 5) is 37.6. The third-order valence-corrected chi connectivity index (χ3v) is 11.4. The van der Waals surface area contributed by atoms with Crippen molar-refractivity contribution in [1.29, 1.82) is 0 Å². The standard InChI is InChI=1S/C32H16N8O12S4.Fe/c41-49-51-53-13-1-5-17-21(9-13)30-34-25(17)33-29-22-10-14(54-52-50-42)2-6-18(22)26(35-29)37-31-24-12-16(56(46,47)48)4-8-20(24)28(39-31)40-32-23-11-15(55(43,44)45)3-7-19(23)27(36-30)38-32;/h1-12H,(H4-2,33,34,35,36,37,38,39,40,41,42,43,44,45,46,47,48);/q-2;. The number of hydrogen-bond donors (Lipinski definition) is 4. The molecule has 8 bridgehead atoms. The zero-order valence-electron chi connectivity index (χ0n) is 27.5. The van der Waals surface area contributed by atoms with Gasteiger partial charge in [0.25, 0.3) is 20.2 Å². The molecule has 25 heteroatoms. The minimum absolute atomic E-state index is 0. The first kappa shape index (κ1) is 38.9. The molecule has 0 spiro atoms. The number of aromatic nitrogens is 8. The van der Waals surface area contributed by atoms with E-state index in [9.17, 15) is 25.9 Å². The van der Waals surface area contributed by atoms with E-state index in [1.165, 1.54) is 30.3 Å². The van der Waals surface area contributed by atoms with Gasteiger partial charge in [0.05, 0.1) is 57.2 Å². The van der Waals surface area contributed by atoms with Gasteiger partial charge in [-0.05, 0) is 70.1 Å². The SMILES string of the molecule is O=S(=O)(O)c1ccc2c(c1)-c1nc-2nc2[n-]c(nc3nc(nc4[n-]c(n1)c1ccc(S(=O)(=O)O)cc41)-c1ccc(SOOO)cc1-3)c1ccc(SOOO)cc21.[Fe]. The Morgan fingerprint density at radius 2 is 0.877 bits per heavy atom. The summed E-state index contributed by atoms with van der Waals surface area (Å²) in [6, 6.07) is 17.3. The molecular weight excluding hydrogens is 873 g/mol. The van der Waals surface area contributed by atoms with Crippen LogP contribution in [-0.4, -0.2) is 66.4 Å². The van der Waals surface area contributed by atoms with Crippen LogP contribution in [0.4, 0.5) is 0 Å². The average molecular weight is 889 g/mol. The van der Waals surface area contributed by atoms with Crippen LogP contribution >= 0.6 is 24.1 Å². The monoisotopic (exact) mass is 888 g/mol. The van der Waals surface area contributed by atoms with E-state index >= 15 is 0 Å². The van der Waals surface area contributed by atoms with Gasteiger partial charge in [0.15, 0.2) is 0 Å². The zero-order chi connectivity index (χ0) is 38.9. The smallest absolute Gasteiger partial charge is 0.294 e. The summed E-state index contributed by atoms with van der Waals surface area (Å²) >= 11 is 1.39. The maximum absolute atomic E-state index is 12.2. The van der Waals surface area contributed by atoms with Gasteiger partial charge in [-0.15, -0.1) is 8.67 Å². The van der Waals surface area contributed by atoms with Crippen molar-refractivity contribution in [3.63, 3.8) is 0 Å². The number of fused-ring (bicyclic) bond motifs is 20. The first-order valence-electron chi connectivity index (χ1n) is 15.4. The summed E-state index contributed by atoms with van der Waals surface area (Å²) in [7, 11) is -9.36. The van der Waals surface area contributed by atoms with Crippen LogP contribution in [0, 0.1) is 0 Å². The molecule has 4 aromatic carbocycles. The molecule has 0 radical (unpaired) electrons. The van der Waals surface area contributed by atoms with Crippen LogP contribution in [0.3, 0.4) is 0 Å². The van der Waals surface area contributed by atoms with Crippen LogP contribution in [0.5, 0.6) is 0 Å². The molecule has 0 amide bonds. The van der Waals surface area contributed by atoms with Crippen molar-refractivity contribution < 1.29 is 72.3 Å². The molecule has 0 atom stereocenters. The molecule has 3 aromatic heterocycles. The molecule has 20 nitrogen and oxygen atoms in total. The van der Waals surface area contributed by atoms with E-state index in [0.717, 1.165) is 6.07 Å². The fraction of sp³-hybridized carbons (Fsp3) is 0. The quantitative estimate of drug-likeness (QED) is 0.0483. The molecule has 4 N–H and O–H groups in total. The summed E-state index contributed by atoms with van der Waals surface area (Å²) < 4.78 is 77.9. The number of rotatable bonds is 8. The summed E-state index contributed by atoms with van der Waals surface area (Å²) in [6.07, 6.45) is 0. The van der Waals surface area contributed by atoms with Gasteiger partial charge in [0.1, 0.15) is 0 Å². The maximum atomic E-state index is 12.2. The number of hydrogen-bond acceptors (Lipinski definition) is 18. The van der Waals surface area contributed by atoms with Gasteiger partial charge >= 0.3 is 0 Å². The maximum Gasteiger partial charge on any atom is 0.294 e. The van der Waals surface area contributed by atoms with Gasteiger partial charge in [-0.25, -0.2) is 20.5 Å². The Bertz CT molecular complexity index is 3220. The van der Waals surface area contributed by atoms with E-state index in [2.05, 4.69) is 33.7 Å². The van der Waals surface area contributed by atoms with Gasteiger partial charge in [-0.1, -0.05) is 34.3 Å². The zero-order valence-corrected chi connectivity index (χ0v) is 31.9. The van der Waals surface area contributed by atoms with Crippen LogP contribution in [0.1, 0.15) is 0 Å². The van der Waals surface area contributed by atoms with Crippen molar-refractivity contribution in [3.05, 3.63) is 72.8 Å². The molecule has 57 heavy (non-hydrogen) atoms. The van der Waals surface area contributed by atoms with Gasteiger partial charge < -0.3 is 29.9 Å². The van der Waals surface area contributed by atoms with Crippen molar-refractivity contribution in [1.82, 2.24) is 39.9 Å². The Balaban J connectivity index is 0.00000455. The third kappa shape index (κ3) is 7.15. The van der Waals surface area contributed by atoms with Crippen LogP contribution in [0.15, 0.2) is 92.4 Å². The molecule has 0 fully saturated rings. The first-order chi connectivity index (χ1) is 26.9. The molecule has 2 aliphatic rings. The summed E-state index contributed by atoms with van der Waals surface area (Å²) in [5.74, 6) is 0.163. The van der Waals surface area contributed by atoms with Gasteiger partial charge in [0.2, 0.25) is 0 Å².